The molecule has 3 aromatic carbocycles. The molecule has 0 unspecified atom stereocenters. The van der Waals surface area contributed by atoms with Crippen molar-refractivity contribution in [3.8, 4) is 0 Å². The molecule has 2 heteroatoms. The van der Waals surface area contributed by atoms with Crippen LogP contribution in [0.25, 0.3) is 22.9 Å². The van der Waals surface area contributed by atoms with Crippen LogP contribution in [0.2, 0.25) is 0 Å². The van der Waals surface area contributed by atoms with Crippen molar-refractivity contribution >= 4 is 28.9 Å². The molecule has 3 aromatic rings. The molecule has 0 radical (unpaired) electrons. The van der Waals surface area contributed by atoms with Gasteiger partial charge in [-0.1, -0.05) is 76.2 Å². The summed E-state index contributed by atoms with van der Waals surface area (Å²) in [4.78, 5) is 11.1. The Hall–Kier alpha value is -2.87. The number of rotatable bonds is 3. The van der Waals surface area contributed by atoms with Gasteiger partial charge in [0.2, 0.25) is 0 Å². The van der Waals surface area contributed by atoms with Crippen molar-refractivity contribution in [1.29, 1.82) is 0 Å². The molecule has 0 saturated heterocycles. The number of hydrogen-bond donors (Lipinski definition) is 1. The first-order valence-electron chi connectivity index (χ1n) is 10.3. The molecule has 29 heavy (non-hydrogen) atoms. The third-order valence-electron chi connectivity index (χ3n) is 6.46. The fraction of sp³-hybridized carbons (Fsp3) is 0.296. The summed E-state index contributed by atoms with van der Waals surface area (Å²) in [5, 5.41) is 11.1. The minimum absolute atomic E-state index is 0.208. The Morgan fingerprint density at radius 2 is 1.31 bits per heavy atom. The van der Waals surface area contributed by atoms with Crippen LogP contribution in [0.1, 0.15) is 73.1 Å². The predicted octanol–water partition coefficient (Wildman–Crippen LogP) is 7.06. The van der Waals surface area contributed by atoms with Gasteiger partial charge >= 0.3 is 5.97 Å². The SMILES string of the molecule is CC1(C)CCC(C)(C)c2cc(C=Cc3ccc4cc(C(=O)O)ccc4c3)ccc21. The molecule has 148 valence electrons. The highest BCUT2D eigenvalue weighted by Gasteiger charge is 2.36. The highest BCUT2D eigenvalue weighted by atomic mass is 16.4. The van der Waals surface area contributed by atoms with Gasteiger partial charge in [-0.15, -0.1) is 0 Å². The van der Waals surface area contributed by atoms with E-state index in [9.17, 15) is 4.79 Å². The van der Waals surface area contributed by atoms with Gasteiger partial charge in [-0.3, -0.25) is 0 Å². The lowest BCUT2D eigenvalue weighted by Crippen LogP contribution is -2.33. The van der Waals surface area contributed by atoms with E-state index in [1.807, 2.05) is 18.2 Å². The maximum absolute atomic E-state index is 11.1. The minimum Gasteiger partial charge on any atom is -0.478 e. The molecule has 0 heterocycles. The second-order valence-corrected chi connectivity index (χ2v) is 9.53. The van der Waals surface area contributed by atoms with Crippen LogP contribution in [-0.4, -0.2) is 11.1 Å². The van der Waals surface area contributed by atoms with Gasteiger partial charge in [-0.25, -0.2) is 4.79 Å². The highest BCUT2D eigenvalue weighted by molar-refractivity contribution is 5.95. The Balaban J connectivity index is 1.66. The summed E-state index contributed by atoms with van der Waals surface area (Å²) in [6, 6.07) is 18.3. The molecule has 0 fully saturated rings. The third-order valence-corrected chi connectivity index (χ3v) is 6.46. The normalized spacial score (nSPS) is 17.4. The third kappa shape index (κ3) is 3.72. The number of aromatic carboxylic acids is 1. The Morgan fingerprint density at radius 3 is 2.00 bits per heavy atom. The molecule has 1 aliphatic rings. The van der Waals surface area contributed by atoms with E-state index < -0.39 is 5.97 Å². The number of fused-ring (bicyclic) bond motifs is 2. The summed E-state index contributed by atoms with van der Waals surface area (Å²) in [6.07, 6.45) is 6.74. The molecule has 0 aliphatic heterocycles. The molecule has 0 amide bonds. The topological polar surface area (TPSA) is 37.3 Å². The number of hydrogen-bond acceptors (Lipinski definition) is 1. The fourth-order valence-corrected chi connectivity index (χ4v) is 4.40. The summed E-state index contributed by atoms with van der Waals surface area (Å²) < 4.78 is 0. The minimum atomic E-state index is -0.894. The maximum Gasteiger partial charge on any atom is 0.335 e. The van der Waals surface area contributed by atoms with Gasteiger partial charge in [0.05, 0.1) is 5.56 Å². The van der Waals surface area contributed by atoms with E-state index >= 15 is 0 Å². The number of carbonyl (C=O) groups is 1. The second kappa shape index (κ2) is 6.88. The van der Waals surface area contributed by atoms with Crippen LogP contribution in [0.5, 0.6) is 0 Å². The number of carboxylic acid groups (broad SMARTS) is 1. The van der Waals surface area contributed by atoms with E-state index in [0.29, 0.717) is 5.56 Å². The molecular weight excluding hydrogens is 356 g/mol. The Labute approximate surface area is 172 Å². The van der Waals surface area contributed by atoms with Crippen LogP contribution in [0.15, 0.2) is 54.6 Å². The van der Waals surface area contributed by atoms with E-state index in [0.717, 1.165) is 16.3 Å². The van der Waals surface area contributed by atoms with E-state index in [-0.39, 0.29) is 10.8 Å². The summed E-state index contributed by atoms with van der Waals surface area (Å²) >= 11 is 0. The van der Waals surface area contributed by atoms with Crippen LogP contribution in [0.3, 0.4) is 0 Å². The quantitative estimate of drug-likeness (QED) is 0.491. The zero-order valence-electron chi connectivity index (χ0n) is 17.6. The van der Waals surface area contributed by atoms with Crippen LogP contribution in [-0.2, 0) is 10.8 Å². The van der Waals surface area contributed by atoms with E-state index in [2.05, 4.69) is 64.1 Å². The van der Waals surface area contributed by atoms with Crippen molar-refractivity contribution in [2.75, 3.05) is 0 Å². The van der Waals surface area contributed by atoms with Crippen molar-refractivity contribution < 1.29 is 9.90 Å². The molecule has 0 atom stereocenters. The van der Waals surface area contributed by atoms with E-state index in [1.54, 1.807) is 12.1 Å². The van der Waals surface area contributed by atoms with Gasteiger partial charge in [0, 0.05) is 0 Å². The lowest BCUT2D eigenvalue weighted by atomic mass is 9.63. The Morgan fingerprint density at radius 1 is 0.759 bits per heavy atom. The predicted molar refractivity (Wildman–Crippen MR) is 122 cm³/mol. The molecule has 1 aliphatic carbocycles. The van der Waals surface area contributed by atoms with E-state index in [4.69, 9.17) is 5.11 Å². The van der Waals surface area contributed by atoms with Crippen molar-refractivity contribution in [2.24, 2.45) is 0 Å². The second-order valence-electron chi connectivity index (χ2n) is 9.53. The molecule has 1 N–H and O–H groups in total. The summed E-state index contributed by atoms with van der Waals surface area (Å²) in [6.45, 7) is 9.40. The Bertz CT molecular complexity index is 1130. The average molecular weight is 385 g/mol. The van der Waals surface area contributed by atoms with Crippen molar-refractivity contribution in [1.82, 2.24) is 0 Å². The standard InChI is InChI=1S/C27H28O2/c1-26(2)13-14-27(3,4)24-16-19(8-12-23(24)26)6-5-18-7-9-21-17-22(25(28)29)11-10-20(21)15-18/h5-12,15-17H,13-14H2,1-4H3,(H,28,29). The van der Waals surface area contributed by atoms with Crippen LogP contribution in [0, 0.1) is 0 Å². The van der Waals surface area contributed by atoms with Gasteiger partial charge in [0.15, 0.2) is 0 Å². The zero-order valence-corrected chi connectivity index (χ0v) is 17.6. The Kier molecular flexibility index (Phi) is 4.61. The number of benzene rings is 3. The van der Waals surface area contributed by atoms with Gasteiger partial charge in [-0.05, 0) is 74.9 Å². The summed E-state index contributed by atoms with van der Waals surface area (Å²) in [7, 11) is 0. The monoisotopic (exact) mass is 384 g/mol. The molecular formula is C27H28O2. The molecule has 0 aromatic heterocycles. The van der Waals surface area contributed by atoms with Gasteiger partial charge in [0.25, 0.3) is 0 Å². The first-order chi connectivity index (χ1) is 13.7. The largest absolute Gasteiger partial charge is 0.478 e. The van der Waals surface area contributed by atoms with Crippen molar-refractivity contribution in [3.63, 3.8) is 0 Å². The molecule has 0 bridgehead atoms. The zero-order chi connectivity index (χ0) is 20.8. The fourth-order valence-electron chi connectivity index (χ4n) is 4.40. The lowest BCUT2D eigenvalue weighted by Gasteiger charge is -2.42. The molecule has 0 spiro atoms. The van der Waals surface area contributed by atoms with Gasteiger partial charge in [0.1, 0.15) is 0 Å². The van der Waals surface area contributed by atoms with Crippen LogP contribution < -0.4 is 0 Å². The van der Waals surface area contributed by atoms with E-state index in [1.165, 1.54) is 29.5 Å². The molecule has 2 nitrogen and oxygen atoms in total. The first kappa shape index (κ1) is 19.4. The smallest absolute Gasteiger partial charge is 0.335 e. The van der Waals surface area contributed by atoms with Crippen molar-refractivity contribution in [3.05, 3.63) is 82.4 Å². The van der Waals surface area contributed by atoms with Crippen LogP contribution in [0.4, 0.5) is 0 Å². The summed E-state index contributed by atoms with van der Waals surface area (Å²) in [5.74, 6) is -0.894. The average Bonchev–Trinajstić information content (AvgIpc) is 2.69. The first-order valence-corrected chi connectivity index (χ1v) is 10.3. The summed E-state index contributed by atoms with van der Waals surface area (Å²) in [5.41, 5.74) is 6.04. The lowest BCUT2D eigenvalue weighted by molar-refractivity contribution is 0.0697. The van der Waals surface area contributed by atoms with Gasteiger partial charge in [-0.2, -0.15) is 0 Å². The molecule has 0 saturated carbocycles. The van der Waals surface area contributed by atoms with Crippen molar-refractivity contribution in [2.45, 2.75) is 51.4 Å². The molecule has 4 rings (SSSR count). The number of carboxylic acids is 1. The maximum atomic E-state index is 11.1. The van der Waals surface area contributed by atoms with Crippen LogP contribution >= 0.6 is 0 Å². The van der Waals surface area contributed by atoms with Gasteiger partial charge < -0.3 is 5.11 Å². The highest BCUT2D eigenvalue weighted by Crippen LogP contribution is 2.46.